The highest BCUT2D eigenvalue weighted by molar-refractivity contribution is 7.20. The van der Waals surface area contributed by atoms with Crippen molar-refractivity contribution in [3.05, 3.63) is 50.1 Å². The third-order valence-electron chi connectivity index (χ3n) is 2.71. The Labute approximate surface area is 125 Å². The van der Waals surface area contributed by atoms with E-state index in [1.807, 2.05) is 25.1 Å². The van der Waals surface area contributed by atoms with Gasteiger partial charge in [-0.2, -0.15) is 0 Å². The van der Waals surface area contributed by atoms with E-state index >= 15 is 0 Å². The van der Waals surface area contributed by atoms with E-state index in [0.29, 0.717) is 19.9 Å². The Morgan fingerprint density at radius 3 is 2.63 bits per heavy atom. The van der Waals surface area contributed by atoms with Crippen LogP contribution in [-0.4, -0.2) is 5.91 Å². The number of amides is 1. The van der Waals surface area contributed by atoms with E-state index in [1.54, 1.807) is 12.1 Å². The first-order valence-electron chi connectivity index (χ1n) is 5.59. The number of nitrogens with one attached hydrogen (secondary N) is 1. The number of para-hydroxylation sites is 1. The van der Waals surface area contributed by atoms with Crippen LogP contribution in [0.1, 0.15) is 28.9 Å². The van der Waals surface area contributed by atoms with E-state index in [-0.39, 0.29) is 11.9 Å². The van der Waals surface area contributed by atoms with Crippen LogP contribution in [0.25, 0.3) is 0 Å². The average Bonchev–Trinajstić information content (AvgIpc) is 2.69. The summed E-state index contributed by atoms with van der Waals surface area (Å²) >= 11 is 12.9. The maximum Gasteiger partial charge on any atom is 0.254 e. The number of nitrogens with two attached hydrogens (primary N) is 1. The summed E-state index contributed by atoms with van der Waals surface area (Å²) in [5, 5.41) is 2.85. The smallest absolute Gasteiger partial charge is 0.254 e. The van der Waals surface area contributed by atoms with Crippen LogP contribution in [0, 0.1) is 0 Å². The van der Waals surface area contributed by atoms with Crippen LogP contribution in [-0.2, 0) is 0 Å². The minimum absolute atomic E-state index is 0.205. The SMILES string of the molecule is CC(NC(=O)c1cc(Cl)sc1Cl)c1ccccc1N. The van der Waals surface area contributed by atoms with Crippen LogP contribution < -0.4 is 11.1 Å². The molecule has 100 valence electrons. The third-order valence-corrected chi connectivity index (χ3v) is 4.20. The molecule has 1 heterocycles. The van der Waals surface area contributed by atoms with Gasteiger partial charge in [0.05, 0.1) is 15.9 Å². The predicted molar refractivity (Wildman–Crippen MR) is 81.1 cm³/mol. The molecule has 0 bridgehead atoms. The first-order valence-corrected chi connectivity index (χ1v) is 7.16. The number of nitrogen functional groups attached to an aromatic ring is 1. The zero-order valence-electron chi connectivity index (χ0n) is 10.1. The standard InChI is InChI=1S/C13H12Cl2N2OS/c1-7(8-4-2-3-5-10(8)16)17-13(18)9-6-11(14)19-12(9)15/h2-7H,16H2,1H3,(H,17,18). The van der Waals surface area contributed by atoms with E-state index < -0.39 is 0 Å². The van der Waals surface area contributed by atoms with Crippen LogP contribution in [0.2, 0.25) is 8.67 Å². The van der Waals surface area contributed by atoms with Gasteiger partial charge in [-0.1, -0.05) is 41.4 Å². The van der Waals surface area contributed by atoms with Crippen molar-refractivity contribution in [2.24, 2.45) is 0 Å². The first kappa shape index (κ1) is 14.2. The molecule has 0 aliphatic heterocycles. The number of thiophene rings is 1. The second-order valence-electron chi connectivity index (χ2n) is 4.06. The van der Waals surface area contributed by atoms with Gasteiger partial charge in [-0.3, -0.25) is 4.79 Å². The van der Waals surface area contributed by atoms with Crippen molar-refractivity contribution in [1.82, 2.24) is 5.32 Å². The largest absolute Gasteiger partial charge is 0.398 e. The van der Waals surface area contributed by atoms with Crippen molar-refractivity contribution < 1.29 is 4.79 Å². The van der Waals surface area contributed by atoms with Gasteiger partial charge in [0.25, 0.3) is 5.91 Å². The third kappa shape index (κ3) is 3.21. The summed E-state index contributed by atoms with van der Waals surface area (Å²) in [6, 6.07) is 8.76. The molecule has 1 atom stereocenters. The number of anilines is 1. The molecular weight excluding hydrogens is 303 g/mol. The molecule has 0 saturated carbocycles. The van der Waals surface area contributed by atoms with Gasteiger partial charge in [0, 0.05) is 5.69 Å². The number of hydrogen-bond donors (Lipinski definition) is 2. The molecule has 0 radical (unpaired) electrons. The Bertz CT molecular complexity index is 612. The van der Waals surface area contributed by atoms with Crippen molar-refractivity contribution in [1.29, 1.82) is 0 Å². The highest BCUT2D eigenvalue weighted by Gasteiger charge is 2.17. The van der Waals surface area contributed by atoms with E-state index in [4.69, 9.17) is 28.9 Å². The van der Waals surface area contributed by atoms with Crippen molar-refractivity contribution in [2.45, 2.75) is 13.0 Å². The summed E-state index contributed by atoms with van der Waals surface area (Å²) in [5.74, 6) is -0.260. The maximum absolute atomic E-state index is 12.1. The Morgan fingerprint density at radius 2 is 2.05 bits per heavy atom. The van der Waals surface area contributed by atoms with Gasteiger partial charge < -0.3 is 11.1 Å². The van der Waals surface area contributed by atoms with Gasteiger partial charge >= 0.3 is 0 Å². The summed E-state index contributed by atoms with van der Waals surface area (Å²) in [5.41, 5.74) is 7.77. The van der Waals surface area contributed by atoms with E-state index in [0.717, 1.165) is 5.56 Å². The summed E-state index contributed by atoms with van der Waals surface area (Å²) in [4.78, 5) is 12.1. The molecule has 0 spiro atoms. The van der Waals surface area contributed by atoms with Gasteiger partial charge in [-0.05, 0) is 24.6 Å². The number of halogens is 2. The summed E-state index contributed by atoms with van der Waals surface area (Å²) < 4.78 is 0.873. The molecule has 3 nitrogen and oxygen atoms in total. The molecule has 6 heteroatoms. The molecule has 1 aromatic heterocycles. The van der Waals surface area contributed by atoms with Crippen LogP contribution in [0.3, 0.4) is 0 Å². The quantitative estimate of drug-likeness (QED) is 0.837. The normalized spacial score (nSPS) is 12.2. The minimum atomic E-state index is -0.260. The fourth-order valence-corrected chi connectivity index (χ4v) is 3.21. The lowest BCUT2D eigenvalue weighted by molar-refractivity contribution is 0.0940. The van der Waals surface area contributed by atoms with Crippen LogP contribution in [0.5, 0.6) is 0 Å². The van der Waals surface area contributed by atoms with Gasteiger partial charge in [-0.25, -0.2) is 0 Å². The number of carbonyl (C=O) groups excluding carboxylic acids is 1. The van der Waals surface area contributed by atoms with Crippen LogP contribution in [0.15, 0.2) is 30.3 Å². The minimum Gasteiger partial charge on any atom is -0.398 e. The number of benzene rings is 1. The second kappa shape index (κ2) is 5.82. The topological polar surface area (TPSA) is 55.1 Å². The Hall–Kier alpha value is -1.23. The number of carbonyl (C=O) groups is 1. The fraction of sp³-hybridized carbons (Fsp3) is 0.154. The molecule has 2 rings (SSSR count). The number of rotatable bonds is 3. The Kier molecular flexibility index (Phi) is 4.34. The molecular formula is C13H12Cl2N2OS. The van der Waals surface area contributed by atoms with Crippen molar-refractivity contribution in [3.63, 3.8) is 0 Å². The fourth-order valence-electron chi connectivity index (χ4n) is 1.75. The van der Waals surface area contributed by atoms with Gasteiger partial charge in [0.2, 0.25) is 0 Å². The molecule has 1 aromatic carbocycles. The zero-order chi connectivity index (χ0) is 14.0. The lowest BCUT2D eigenvalue weighted by Gasteiger charge is -2.15. The molecule has 1 amide bonds. The molecule has 0 aliphatic rings. The molecule has 2 aromatic rings. The average molecular weight is 315 g/mol. The maximum atomic E-state index is 12.1. The summed E-state index contributed by atoms with van der Waals surface area (Å²) in [6.07, 6.45) is 0. The lowest BCUT2D eigenvalue weighted by atomic mass is 10.1. The van der Waals surface area contributed by atoms with E-state index in [2.05, 4.69) is 5.32 Å². The molecule has 1 unspecified atom stereocenters. The zero-order valence-corrected chi connectivity index (χ0v) is 12.4. The summed E-state index contributed by atoms with van der Waals surface area (Å²) in [7, 11) is 0. The highest BCUT2D eigenvalue weighted by atomic mass is 35.5. The molecule has 0 saturated heterocycles. The predicted octanol–water partition coefficient (Wildman–Crippen LogP) is 4.13. The molecule has 3 N–H and O–H groups in total. The number of hydrogen-bond acceptors (Lipinski definition) is 3. The highest BCUT2D eigenvalue weighted by Crippen LogP contribution is 2.31. The van der Waals surface area contributed by atoms with Crippen molar-refractivity contribution in [2.75, 3.05) is 5.73 Å². The molecule has 0 aliphatic carbocycles. The van der Waals surface area contributed by atoms with Crippen LogP contribution in [0.4, 0.5) is 5.69 Å². The first-order chi connectivity index (χ1) is 8.99. The van der Waals surface area contributed by atoms with E-state index in [9.17, 15) is 4.79 Å². The monoisotopic (exact) mass is 314 g/mol. The summed E-state index contributed by atoms with van der Waals surface area (Å²) in [6.45, 7) is 1.87. The van der Waals surface area contributed by atoms with E-state index in [1.165, 1.54) is 11.3 Å². The molecule has 19 heavy (non-hydrogen) atoms. The van der Waals surface area contributed by atoms with Gasteiger partial charge in [-0.15, -0.1) is 11.3 Å². The molecule has 0 fully saturated rings. The van der Waals surface area contributed by atoms with Crippen molar-refractivity contribution >= 4 is 46.1 Å². The van der Waals surface area contributed by atoms with Gasteiger partial charge in [0.15, 0.2) is 0 Å². The van der Waals surface area contributed by atoms with Crippen molar-refractivity contribution in [3.8, 4) is 0 Å². The lowest BCUT2D eigenvalue weighted by Crippen LogP contribution is -2.27. The van der Waals surface area contributed by atoms with Crippen LogP contribution >= 0.6 is 34.5 Å². The Balaban J connectivity index is 2.15. The Morgan fingerprint density at radius 1 is 1.37 bits per heavy atom. The van der Waals surface area contributed by atoms with Gasteiger partial charge in [0.1, 0.15) is 4.34 Å². The second-order valence-corrected chi connectivity index (χ2v) is 6.35.